The van der Waals surface area contributed by atoms with E-state index in [1.54, 1.807) is 0 Å². The Morgan fingerprint density at radius 1 is 1.50 bits per heavy atom. The zero-order valence-electron chi connectivity index (χ0n) is 10.6. The second-order valence-electron chi connectivity index (χ2n) is 4.68. The Morgan fingerprint density at radius 3 is 3.06 bits per heavy atom. The minimum atomic E-state index is 0.0853. The van der Waals surface area contributed by atoms with Gasteiger partial charge in [0.25, 0.3) is 5.91 Å². The van der Waals surface area contributed by atoms with E-state index in [1.807, 2.05) is 29.2 Å². The van der Waals surface area contributed by atoms with Crippen LogP contribution in [-0.2, 0) is 4.79 Å². The van der Waals surface area contributed by atoms with Gasteiger partial charge in [-0.15, -0.1) is 0 Å². The van der Waals surface area contributed by atoms with Gasteiger partial charge in [0, 0.05) is 17.1 Å². The Bertz CT molecular complexity index is 422. The highest BCUT2D eigenvalue weighted by atomic mass is 79.9. The third-order valence-corrected chi connectivity index (χ3v) is 3.77. The molecule has 1 fully saturated rings. The number of ether oxygens (including phenoxy) is 1. The molecule has 1 atom stereocenters. The molecule has 18 heavy (non-hydrogen) atoms. The van der Waals surface area contributed by atoms with Crippen LogP contribution in [0.2, 0.25) is 0 Å². The molecule has 0 spiro atoms. The summed E-state index contributed by atoms with van der Waals surface area (Å²) in [4.78, 5) is 14.0. The molecule has 1 aromatic rings. The number of rotatable bonds is 3. The van der Waals surface area contributed by atoms with E-state index >= 15 is 0 Å². The molecule has 2 rings (SSSR count). The topological polar surface area (TPSA) is 29.5 Å². The van der Waals surface area contributed by atoms with E-state index in [1.165, 1.54) is 6.42 Å². The number of nitrogens with zero attached hydrogens (tertiary/aromatic N) is 1. The van der Waals surface area contributed by atoms with Crippen LogP contribution in [0, 0.1) is 0 Å². The first kappa shape index (κ1) is 13.4. The highest BCUT2D eigenvalue weighted by molar-refractivity contribution is 9.10. The molecule has 1 aliphatic rings. The lowest BCUT2D eigenvalue weighted by Crippen LogP contribution is -2.44. The van der Waals surface area contributed by atoms with Crippen molar-refractivity contribution in [1.82, 2.24) is 4.90 Å². The summed E-state index contributed by atoms with van der Waals surface area (Å²) in [6.45, 7) is 3.10. The van der Waals surface area contributed by atoms with E-state index in [2.05, 4.69) is 22.9 Å². The van der Waals surface area contributed by atoms with Crippen LogP contribution < -0.4 is 4.74 Å². The maximum atomic E-state index is 12.1. The Kier molecular flexibility index (Phi) is 4.64. The van der Waals surface area contributed by atoms with Gasteiger partial charge in [-0.25, -0.2) is 0 Å². The highest BCUT2D eigenvalue weighted by Crippen LogP contribution is 2.19. The fourth-order valence-corrected chi connectivity index (χ4v) is 2.63. The Balaban J connectivity index is 1.88. The maximum absolute atomic E-state index is 12.1. The standard InChI is InChI=1S/C14H18BrNO2/c1-11-5-2-3-8-16(11)14(17)10-18-13-7-4-6-12(15)9-13/h4,6-7,9,11H,2-3,5,8,10H2,1H3. The minimum absolute atomic E-state index is 0.0853. The Labute approximate surface area is 116 Å². The minimum Gasteiger partial charge on any atom is -0.484 e. The first-order valence-corrected chi connectivity index (χ1v) is 7.14. The van der Waals surface area contributed by atoms with E-state index in [0.29, 0.717) is 6.04 Å². The van der Waals surface area contributed by atoms with Crippen LogP contribution >= 0.6 is 15.9 Å². The zero-order valence-corrected chi connectivity index (χ0v) is 12.1. The third kappa shape index (κ3) is 3.48. The van der Waals surface area contributed by atoms with Crippen LogP contribution in [0.1, 0.15) is 26.2 Å². The van der Waals surface area contributed by atoms with Crippen molar-refractivity contribution in [3.63, 3.8) is 0 Å². The number of benzene rings is 1. The number of piperidine rings is 1. The molecule has 1 unspecified atom stereocenters. The second kappa shape index (κ2) is 6.23. The van der Waals surface area contributed by atoms with Gasteiger partial charge in [0.1, 0.15) is 5.75 Å². The lowest BCUT2D eigenvalue weighted by atomic mass is 10.0. The first-order chi connectivity index (χ1) is 8.66. The molecule has 3 nitrogen and oxygen atoms in total. The molecular weight excluding hydrogens is 294 g/mol. The van der Waals surface area contributed by atoms with Gasteiger partial charge in [0.05, 0.1) is 0 Å². The van der Waals surface area contributed by atoms with E-state index < -0.39 is 0 Å². The van der Waals surface area contributed by atoms with E-state index in [-0.39, 0.29) is 12.5 Å². The van der Waals surface area contributed by atoms with E-state index in [0.717, 1.165) is 29.6 Å². The van der Waals surface area contributed by atoms with Crippen molar-refractivity contribution >= 4 is 21.8 Å². The molecule has 0 saturated carbocycles. The number of carbonyl (C=O) groups excluding carboxylic acids is 1. The molecule has 0 N–H and O–H groups in total. The molecule has 98 valence electrons. The maximum Gasteiger partial charge on any atom is 0.260 e. The van der Waals surface area contributed by atoms with Crippen molar-refractivity contribution in [3.05, 3.63) is 28.7 Å². The summed E-state index contributed by atoms with van der Waals surface area (Å²) in [5.41, 5.74) is 0. The molecule has 1 saturated heterocycles. The molecule has 0 aromatic heterocycles. The predicted octanol–water partition coefficient (Wildman–Crippen LogP) is 3.23. The van der Waals surface area contributed by atoms with Crippen LogP contribution in [0.4, 0.5) is 0 Å². The summed E-state index contributed by atoms with van der Waals surface area (Å²) in [6, 6.07) is 7.90. The predicted molar refractivity (Wildman–Crippen MR) is 74.7 cm³/mol. The number of halogens is 1. The Hall–Kier alpha value is -1.03. The molecule has 0 aliphatic carbocycles. The van der Waals surface area contributed by atoms with Gasteiger partial charge in [-0.05, 0) is 44.4 Å². The van der Waals surface area contributed by atoms with Gasteiger partial charge in [-0.1, -0.05) is 22.0 Å². The van der Waals surface area contributed by atoms with Crippen LogP contribution in [0.5, 0.6) is 5.75 Å². The van der Waals surface area contributed by atoms with E-state index in [4.69, 9.17) is 4.74 Å². The summed E-state index contributed by atoms with van der Waals surface area (Å²) in [6.07, 6.45) is 3.42. The summed E-state index contributed by atoms with van der Waals surface area (Å²) in [7, 11) is 0. The van der Waals surface area contributed by atoms with E-state index in [9.17, 15) is 4.79 Å². The SMILES string of the molecule is CC1CCCCN1C(=O)COc1cccc(Br)c1. The molecule has 1 heterocycles. The monoisotopic (exact) mass is 311 g/mol. The summed E-state index contributed by atoms with van der Waals surface area (Å²) in [5.74, 6) is 0.810. The number of hydrogen-bond acceptors (Lipinski definition) is 2. The van der Waals surface area contributed by atoms with Gasteiger partial charge in [0.15, 0.2) is 6.61 Å². The first-order valence-electron chi connectivity index (χ1n) is 6.34. The smallest absolute Gasteiger partial charge is 0.260 e. The van der Waals surface area contributed by atoms with Gasteiger partial charge >= 0.3 is 0 Å². The molecule has 4 heteroatoms. The fraction of sp³-hybridized carbons (Fsp3) is 0.500. The second-order valence-corrected chi connectivity index (χ2v) is 5.59. The van der Waals surface area contributed by atoms with Crippen LogP contribution in [0.15, 0.2) is 28.7 Å². The van der Waals surface area contributed by atoms with Crippen molar-refractivity contribution in [2.24, 2.45) is 0 Å². The molecule has 1 aliphatic heterocycles. The molecule has 0 bridgehead atoms. The highest BCUT2D eigenvalue weighted by Gasteiger charge is 2.23. The van der Waals surface area contributed by atoms with Gasteiger partial charge in [0.2, 0.25) is 0 Å². The quantitative estimate of drug-likeness (QED) is 0.857. The zero-order chi connectivity index (χ0) is 13.0. The summed E-state index contributed by atoms with van der Waals surface area (Å²) < 4.78 is 6.49. The fourth-order valence-electron chi connectivity index (χ4n) is 2.25. The third-order valence-electron chi connectivity index (χ3n) is 3.28. The lowest BCUT2D eigenvalue weighted by Gasteiger charge is -2.33. The summed E-state index contributed by atoms with van der Waals surface area (Å²) >= 11 is 3.38. The molecule has 0 radical (unpaired) electrons. The van der Waals surface area contributed by atoms with Gasteiger partial charge in [-0.2, -0.15) is 0 Å². The average molecular weight is 312 g/mol. The average Bonchev–Trinajstić information content (AvgIpc) is 2.37. The number of likely N-dealkylation sites (tertiary alicyclic amines) is 1. The van der Waals surface area contributed by atoms with Crippen molar-refractivity contribution in [2.45, 2.75) is 32.2 Å². The molecule has 1 aromatic carbocycles. The van der Waals surface area contributed by atoms with Crippen molar-refractivity contribution in [2.75, 3.05) is 13.2 Å². The van der Waals surface area contributed by atoms with Crippen LogP contribution in [-0.4, -0.2) is 30.0 Å². The van der Waals surface area contributed by atoms with Crippen molar-refractivity contribution in [1.29, 1.82) is 0 Å². The van der Waals surface area contributed by atoms with Crippen LogP contribution in [0.25, 0.3) is 0 Å². The number of carbonyl (C=O) groups is 1. The summed E-state index contributed by atoms with van der Waals surface area (Å²) in [5, 5.41) is 0. The number of amides is 1. The molecular formula is C14H18BrNO2. The van der Waals surface area contributed by atoms with Crippen molar-refractivity contribution in [3.8, 4) is 5.75 Å². The van der Waals surface area contributed by atoms with Crippen LogP contribution in [0.3, 0.4) is 0 Å². The normalized spacial score (nSPS) is 19.7. The number of hydrogen-bond donors (Lipinski definition) is 0. The molecule has 1 amide bonds. The largest absolute Gasteiger partial charge is 0.484 e. The van der Waals surface area contributed by atoms with Gasteiger partial charge in [-0.3, -0.25) is 4.79 Å². The lowest BCUT2D eigenvalue weighted by molar-refractivity contribution is -0.136. The van der Waals surface area contributed by atoms with Crippen molar-refractivity contribution < 1.29 is 9.53 Å². The Morgan fingerprint density at radius 2 is 2.33 bits per heavy atom. The van der Waals surface area contributed by atoms with Gasteiger partial charge < -0.3 is 9.64 Å².